The summed E-state index contributed by atoms with van der Waals surface area (Å²) in [6.07, 6.45) is 9.59. The van der Waals surface area contributed by atoms with E-state index >= 15 is 0 Å². The fourth-order valence-electron chi connectivity index (χ4n) is 2.81. The number of aromatic nitrogens is 4. The van der Waals surface area contributed by atoms with E-state index in [0.717, 1.165) is 18.3 Å². The van der Waals surface area contributed by atoms with E-state index in [4.69, 9.17) is 0 Å². The minimum atomic E-state index is -0.254. The molecule has 2 aromatic heterocycles. The topological polar surface area (TPSA) is 75.1 Å². The fourth-order valence-corrected chi connectivity index (χ4v) is 2.81. The molecule has 0 amide bonds. The van der Waals surface area contributed by atoms with Crippen LogP contribution in [0, 0.1) is 5.92 Å². The van der Waals surface area contributed by atoms with Crippen molar-refractivity contribution < 1.29 is 0 Å². The van der Waals surface area contributed by atoms with Crippen molar-refractivity contribution in [3.8, 4) is 0 Å². The van der Waals surface area contributed by atoms with Crippen LogP contribution in [0.5, 0.6) is 0 Å². The Morgan fingerprint density at radius 3 is 3.11 bits per heavy atom. The van der Waals surface area contributed by atoms with Crippen molar-refractivity contribution in [3.05, 3.63) is 22.9 Å². The Morgan fingerprint density at radius 1 is 1.42 bits per heavy atom. The van der Waals surface area contributed by atoms with Crippen molar-refractivity contribution >= 4 is 11.5 Å². The predicted octanol–water partition coefficient (Wildman–Crippen LogP) is 1.80. The van der Waals surface area contributed by atoms with Crippen LogP contribution in [0.4, 0.5) is 5.82 Å². The number of nitrogens with one attached hydrogen (secondary N) is 2. The molecule has 3 rings (SSSR count). The Bertz CT molecular complexity index is 596. The van der Waals surface area contributed by atoms with Crippen LogP contribution in [0.3, 0.4) is 0 Å². The first-order valence-electron chi connectivity index (χ1n) is 6.99. The first kappa shape index (κ1) is 12.2. The van der Waals surface area contributed by atoms with Crippen LogP contribution < -0.4 is 11.0 Å². The Labute approximate surface area is 111 Å². The second kappa shape index (κ2) is 5.42. The van der Waals surface area contributed by atoms with E-state index < -0.39 is 0 Å². The van der Waals surface area contributed by atoms with Gasteiger partial charge in [0.2, 0.25) is 0 Å². The van der Waals surface area contributed by atoms with Crippen LogP contribution in [-0.4, -0.2) is 26.1 Å². The van der Waals surface area contributed by atoms with Gasteiger partial charge in [0, 0.05) is 12.6 Å². The normalized spacial score (nSPS) is 16.2. The lowest BCUT2D eigenvalue weighted by Gasteiger charge is -2.09. The van der Waals surface area contributed by atoms with E-state index in [2.05, 4.69) is 20.5 Å². The van der Waals surface area contributed by atoms with Gasteiger partial charge in [-0.05, 0) is 18.8 Å². The minimum absolute atomic E-state index is 0.254. The molecule has 0 radical (unpaired) electrons. The molecule has 0 atom stereocenters. The number of aromatic amines is 1. The molecular formula is C13H19N5O. The lowest BCUT2D eigenvalue weighted by Crippen LogP contribution is -2.11. The van der Waals surface area contributed by atoms with Crippen molar-refractivity contribution in [2.75, 3.05) is 11.9 Å². The number of H-pyrrole nitrogens is 1. The molecule has 1 aliphatic carbocycles. The largest absolute Gasteiger partial charge is 0.370 e. The molecule has 0 saturated heterocycles. The zero-order chi connectivity index (χ0) is 13.1. The molecule has 2 N–H and O–H groups in total. The van der Waals surface area contributed by atoms with Gasteiger partial charge in [0.15, 0.2) is 5.65 Å². The standard InChI is InChI=1S/C13H19N5O/c19-13-17-16-12-8-11(15-9-18(12)13)14-7-3-6-10-4-1-2-5-10/h8-10,14H,1-7H2,(H,17,19). The molecule has 0 spiro atoms. The maximum absolute atomic E-state index is 11.3. The van der Waals surface area contributed by atoms with Gasteiger partial charge in [-0.2, -0.15) is 5.10 Å². The van der Waals surface area contributed by atoms with E-state index in [9.17, 15) is 4.79 Å². The maximum Gasteiger partial charge on any atom is 0.348 e. The molecule has 1 aliphatic rings. The molecule has 6 heteroatoms. The van der Waals surface area contributed by atoms with E-state index in [-0.39, 0.29) is 5.69 Å². The fraction of sp³-hybridized carbons (Fsp3) is 0.615. The first-order valence-corrected chi connectivity index (χ1v) is 6.99. The summed E-state index contributed by atoms with van der Waals surface area (Å²) in [5, 5.41) is 9.60. The third-order valence-electron chi connectivity index (χ3n) is 3.88. The van der Waals surface area contributed by atoms with Gasteiger partial charge in [-0.3, -0.25) is 0 Å². The van der Waals surface area contributed by atoms with Crippen molar-refractivity contribution in [2.45, 2.75) is 38.5 Å². The molecule has 6 nitrogen and oxygen atoms in total. The van der Waals surface area contributed by atoms with Gasteiger partial charge < -0.3 is 5.32 Å². The first-order chi connectivity index (χ1) is 9.33. The van der Waals surface area contributed by atoms with Crippen LogP contribution >= 0.6 is 0 Å². The minimum Gasteiger partial charge on any atom is -0.370 e. The molecule has 0 unspecified atom stereocenters. The molecule has 2 aromatic rings. The quantitative estimate of drug-likeness (QED) is 0.805. The highest BCUT2D eigenvalue weighted by Crippen LogP contribution is 2.28. The van der Waals surface area contributed by atoms with Crippen molar-refractivity contribution in [1.82, 2.24) is 19.6 Å². The number of nitrogens with zero attached hydrogens (tertiary/aromatic N) is 3. The number of rotatable bonds is 5. The van der Waals surface area contributed by atoms with Crippen molar-refractivity contribution in [1.29, 1.82) is 0 Å². The number of anilines is 1. The molecule has 2 heterocycles. The van der Waals surface area contributed by atoms with E-state index in [1.165, 1.54) is 49.3 Å². The summed E-state index contributed by atoms with van der Waals surface area (Å²) in [5.74, 6) is 1.71. The molecule has 0 aromatic carbocycles. The van der Waals surface area contributed by atoms with E-state index in [1.807, 2.05) is 0 Å². The number of hydrogen-bond acceptors (Lipinski definition) is 4. The van der Waals surface area contributed by atoms with Crippen molar-refractivity contribution in [3.63, 3.8) is 0 Å². The summed E-state index contributed by atoms with van der Waals surface area (Å²) in [6.45, 7) is 0.925. The second-order valence-electron chi connectivity index (χ2n) is 5.25. The van der Waals surface area contributed by atoms with Crippen LogP contribution in [0.2, 0.25) is 0 Å². The van der Waals surface area contributed by atoms with Gasteiger partial charge in [-0.25, -0.2) is 19.3 Å². The molecule has 1 saturated carbocycles. The SMILES string of the molecule is O=c1[nH]nc2cc(NCCCC3CCCC3)ncn12. The van der Waals surface area contributed by atoms with Crippen molar-refractivity contribution in [2.24, 2.45) is 5.92 Å². The highest BCUT2D eigenvalue weighted by Gasteiger charge is 2.13. The van der Waals surface area contributed by atoms with Crippen LogP contribution in [0.1, 0.15) is 38.5 Å². The zero-order valence-electron chi connectivity index (χ0n) is 10.9. The summed E-state index contributed by atoms with van der Waals surface area (Å²) >= 11 is 0. The average molecular weight is 261 g/mol. The summed E-state index contributed by atoms with van der Waals surface area (Å²) < 4.78 is 1.39. The molecule has 0 aliphatic heterocycles. The Kier molecular flexibility index (Phi) is 3.48. The highest BCUT2D eigenvalue weighted by atomic mass is 16.1. The number of hydrogen-bond donors (Lipinski definition) is 2. The molecule has 1 fully saturated rings. The summed E-state index contributed by atoms with van der Waals surface area (Å²) in [5.41, 5.74) is 0.341. The average Bonchev–Trinajstić information content (AvgIpc) is 3.05. The highest BCUT2D eigenvalue weighted by molar-refractivity contribution is 5.48. The van der Waals surface area contributed by atoms with E-state index in [1.54, 1.807) is 6.07 Å². The van der Waals surface area contributed by atoms with Crippen LogP contribution in [-0.2, 0) is 0 Å². The van der Waals surface area contributed by atoms with E-state index in [0.29, 0.717) is 5.65 Å². The molecule has 102 valence electrons. The van der Waals surface area contributed by atoms with Gasteiger partial charge in [0.1, 0.15) is 12.1 Å². The predicted molar refractivity (Wildman–Crippen MR) is 73.3 cm³/mol. The summed E-state index contributed by atoms with van der Waals surface area (Å²) in [6, 6.07) is 1.79. The van der Waals surface area contributed by atoms with Gasteiger partial charge in [0.25, 0.3) is 0 Å². The monoisotopic (exact) mass is 261 g/mol. The second-order valence-corrected chi connectivity index (χ2v) is 5.25. The lowest BCUT2D eigenvalue weighted by atomic mass is 10.0. The maximum atomic E-state index is 11.3. The molecule has 0 bridgehead atoms. The Morgan fingerprint density at radius 2 is 2.26 bits per heavy atom. The van der Waals surface area contributed by atoms with Gasteiger partial charge in [-0.15, -0.1) is 0 Å². The van der Waals surface area contributed by atoms with Gasteiger partial charge in [-0.1, -0.05) is 25.7 Å². The third-order valence-corrected chi connectivity index (χ3v) is 3.88. The van der Waals surface area contributed by atoms with Crippen LogP contribution in [0.25, 0.3) is 5.65 Å². The molecule has 19 heavy (non-hydrogen) atoms. The smallest absolute Gasteiger partial charge is 0.348 e. The van der Waals surface area contributed by atoms with Crippen LogP contribution in [0.15, 0.2) is 17.2 Å². The third kappa shape index (κ3) is 2.77. The number of fused-ring (bicyclic) bond motifs is 1. The van der Waals surface area contributed by atoms with Gasteiger partial charge in [0.05, 0.1) is 0 Å². The zero-order valence-corrected chi connectivity index (χ0v) is 10.9. The Hall–Kier alpha value is -1.85. The molecular weight excluding hydrogens is 242 g/mol. The summed E-state index contributed by atoms with van der Waals surface area (Å²) in [4.78, 5) is 15.5. The van der Waals surface area contributed by atoms with Gasteiger partial charge >= 0.3 is 5.69 Å². The summed E-state index contributed by atoms with van der Waals surface area (Å²) in [7, 11) is 0. The Balaban J connectivity index is 1.52. The lowest BCUT2D eigenvalue weighted by molar-refractivity contribution is 0.491.